The van der Waals surface area contributed by atoms with Crippen molar-refractivity contribution < 1.29 is 17.9 Å². The summed E-state index contributed by atoms with van der Waals surface area (Å²) in [6.07, 6.45) is 0. The quantitative estimate of drug-likeness (QED) is 0.452. The van der Waals surface area contributed by atoms with E-state index in [0.717, 1.165) is 0 Å². The molecule has 5 rings (SSSR count). The summed E-state index contributed by atoms with van der Waals surface area (Å²) in [5, 5.41) is 19.2. The van der Waals surface area contributed by atoms with Crippen LogP contribution in [0.15, 0.2) is 52.3 Å². The lowest BCUT2D eigenvalue weighted by Crippen LogP contribution is -2.09. The third-order valence-corrected chi connectivity index (χ3v) is 7.34. The van der Waals surface area contributed by atoms with Gasteiger partial charge in [0.05, 0.1) is 11.4 Å². The SMILES string of the molecule is N#Cc1nc2c(S(=O)(=O)c3ccc(Cl)cc3)c(N)n(Cc3ccc4c(c3)OCO4)c2nc1C#N. The van der Waals surface area contributed by atoms with Crippen molar-refractivity contribution in [2.45, 2.75) is 16.3 Å². The largest absolute Gasteiger partial charge is 0.454 e. The zero-order chi connectivity index (χ0) is 24.0. The van der Waals surface area contributed by atoms with Gasteiger partial charge in [-0.3, -0.25) is 0 Å². The van der Waals surface area contributed by atoms with E-state index in [1.165, 1.54) is 28.8 Å². The molecule has 0 bridgehead atoms. The van der Waals surface area contributed by atoms with Crippen LogP contribution in [0.5, 0.6) is 11.5 Å². The Bertz CT molecular complexity index is 1670. The first kappa shape index (κ1) is 21.5. The lowest BCUT2D eigenvalue weighted by Gasteiger charge is -2.09. The molecule has 168 valence electrons. The molecule has 34 heavy (non-hydrogen) atoms. The molecule has 12 heteroatoms. The van der Waals surface area contributed by atoms with Crippen molar-refractivity contribution >= 4 is 38.4 Å². The Labute approximate surface area is 198 Å². The standard InChI is InChI=1S/C22H13ClN6O4S/c23-13-2-4-14(5-3-13)34(30,31)20-19-22(28-16(9-25)15(8-24)27-19)29(21(20)26)10-12-1-6-17-18(7-12)33-11-32-17/h1-7H,10-11,26H2. The molecule has 2 N–H and O–H groups in total. The van der Waals surface area contributed by atoms with Crippen molar-refractivity contribution in [2.75, 3.05) is 12.5 Å². The molecule has 2 aromatic carbocycles. The predicted octanol–water partition coefficient (Wildman–Crippen LogP) is 3.02. The summed E-state index contributed by atoms with van der Waals surface area (Å²) in [7, 11) is -4.18. The van der Waals surface area contributed by atoms with Gasteiger partial charge in [0.2, 0.25) is 16.6 Å². The highest BCUT2D eigenvalue weighted by Gasteiger charge is 2.31. The van der Waals surface area contributed by atoms with Crippen LogP contribution in [0.1, 0.15) is 17.0 Å². The number of hydrogen-bond acceptors (Lipinski definition) is 9. The Morgan fingerprint density at radius 1 is 1.03 bits per heavy atom. The van der Waals surface area contributed by atoms with Gasteiger partial charge in [0.15, 0.2) is 28.5 Å². The smallest absolute Gasteiger partial charge is 0.231 e. The fourth-order valence-corrected chi connectivity index (χ4v) is 5.29. The highest BCUT2D eigenvalue weighted by atomic mass is 35.5. The van der Waals surface area contributed by atoms with E-state index >= 15 is 0 Å². The lowest BCUT2D eigenvalue weighted by molar-refractivity contribution is 0.174. The van der Waals surface area contributed by atoms with E-state index < -0.39 is 9.84 Å². The maximum absolute atomic E-state index is 13.6. The number of nitriles is 2. The van der Waals surface area contributed by atoms with E-state index in [1.54, 1.807) is 24.3 Å². The van der Waals surface area contributed by atoms with Crippen LogP contribution in [-0.4, -0.2) is 29.7 Å². The number of nitrogen functional groups attached to an aromatic ring is 1. The number of nitrogens with zero attached hydrogens (tertiary/aromatic N) is 5. The maximum Gasteiger partial charge on any atom is 0.231 e. The molecular formula is C22H13ClN6O4S. The summed E-state index contributed by atoms with van der Waals surface area (Å²) in [5.41, 5.74) is 6.49. The van der Waals surface area contributed by atoms with E-state index in [-0.39, 0.29) is 51.5 Å². The van der Waals surface area contributed by atoms with E-state index in [0.29, 0.717) is 22.1 Å². The summed E-state index contributed by atoms with van der Waals surface area (Å²) in [4.78, 5) is 8.02. The molecule has 0 amide bonds. The number of rotatable bonds is 4. The van der Waals surface area contributed by atoms with Crippen LogP contribution in [0.25, 0.3) is 11.2 Å². The minimum absolute atomic E-state index is 0.0539. The van der Waals surface area contributed by atoms with Crippen molar-refractivity contribution in [3.8, 4) is 23.6 Å². The molecule has 1 aliphatic rings. The van der Waals surface area contributed by atoms with Gasteiger partial charge in [-0.05, 0) is 42.0 Å². The summed E-state index contributed by atoms with van der Waals surface area (Å²) in [6.45, 7) is 0.200. The van der Waals surface area contributed by atoms with Crippen LogP contribution in [0.3, 0.4) is 0 Å². The minimum atomic E-state index is -4.18. The van der Waals surface area contributed by atoms with Gasteiger partial charge >= 0.3 is 0 Å². The van der Waals surface area contributed by atoms with E-state index in [4.69, 9.17) is 26.8 Å². The molecule has 0 fully saturated rings. The summed E-state index contributed by atoms with van der Waals surface area (Å²) in [5.74, 6) is 0.990. The minimum Gasteiger partial charge on any atom is -0.454 e. The van der Waals surface area contributed by atoms with Gasteiger partial charge in [0.25, 0.3) is 0 Å². The van der Waals surface area contributed by atoms with Crippen molar-refractivity contribution in [1.82, 2.24) is 14.5 Å². The normalized spacial score (nSPS) is 12.4. The number of fused-ring (bicyclic) bond motifs is 2. The first-order valence-corrected chi connectivity index (χ1v) is 11.6. The summed E-state index contributed by atoms with van der Waals surface area (Å²) >= 11 is 5.91. The van der Waals surface area contributed by atoms with Gasteiger partial charge < -0.3 is 19.8 Å². The van der Waals surface area contributed by atoms with Gasteiger partial charge in [-0.15, -0.1) is 0 Å². The fraction of sp³-hybridized carbons (Fsp3) is 0.0909. The molecule has 3 heterocycles. The second-order valence-electron chi connectivity index (χ2n) is 7.26. The first-order valence-electron chi connectivity index (χ1n) is 9.72. The number of benzene rings is 2. The third kappa shape index (κ3) is 3.35. The molecule has 0 atom stereocenters. The van der Waals surface area contributed by atoms with Gasteiger partial charge in [-0.25, -0.2) is 18.4 Å². The van der Waals surface area contributed by atoms with Gasteiger partial charge in [0, 0.05) is 5.02 Å². The molecular weight excluding hydrogens is 480 g/mol. The van der Waals surface area contributed by atoms with Crippen LogP contribution in [-0.2, 0) is 16.4 Å². The molecule has 10 nitrogen and oxygen atoms in total. The molecule has 1 aliphatic heterocycles. The summed E-state index contributed by atoms with van der Waals surface area (Å²) < 4.78 is 39.3. The van der Waals surface area contributed by atoms with Crippen LogP contribution < -0.4 is 15.2 Å². The Hall–Kier alpha value is -4.32. The zero-order valence-electron chi connectivity index (χ0n) is 17.2. The molecule has 4 aromatic rings. The molecule has 0 aliphatic carbocycles. The van der Waals surface area contributed by atoms with Crippen LogP contribution in [0, 0.1) is 22.7 Å². The predicted molar refractivity (Wildman–Crippen MR) is 120 cm³/mol. The van der Waals surface area contributed by atoms with E-state index in [1.807, 2.05) is 6.07 Å². The topological polar surface area (TPSA) is 157 Å². The van der Waals surface area contributed by atoms with Gasteiger partial charge in [-0.1, -0.05) is 17.7 Å². The third-order valence-electron chi connectivity index (χ3n) is 5.25. The Morgan fingerprint density at radius 3 is 2.41 bits per heavy atom. The molecule has 0 saturated heterocycles. The maximum atomic E-state index is 13.6. The van der Waals surface area contributed by atoms with Crippen molar-refractivity contribution in [1.29, 1.82) is 10.5 Å². The first-order chi connectivity index (χ1) is 16.3. The lowest BCUT2D eigenvalue weighted by atomic mass is 10.2. The monoisotopic (exact) mass is 492 g/mol. The fourth-order valence-electron chi connectivity index (χ4n) is 3.66. The Morgan fingerprint density at radius 2 is 1.71 bits per heavy atom. The van der Waals surface area contributed by atoms with Crippen molar-refractivity contribution in [3.05, 3.63) is 64.4 Å². The zero-order valence-corrected chi connectivity index (χ0v) is 18.8. The van der Waals surface area contributed by atoms with E-state index in [2.05, 4.69) is 9.97 Å². The second-order valence-corrected chi connectivity index (χ2v) is 9.59. The van der Waals surface area contributed by atoms with Crippen LogP contribution >= 0.6 is 11.6 Å². The van der Waals surface area contributed by atoms with Crippen molar-refractivity contribution in [2.24, 2.45) is 0 Å². The van der Waals surface area contributed by atoms with Gasteiger partial charge in [-0.2, -0.15) is 10.5 Å². The Kier molecular flexibility index (Phi) is 5.01. The van der Waals surface area contributed by atoms with Crippen LogP contribution in [0.2, 0.25) is 5.02 Å². The number of aromatic nitrogens is 3. The summed E-state index contributed by atoms with van der Waals surface area (Å²) in [6, 6.07) is 14.4. The number of halogens is 1. The number of nitrogens with two attached hydrogens (primary N) is 1. The number of hydrogen-bond donors (Lipinski definition) is 1. The molecule has 0 spiro atoms. The molecule has 0 saturated carbocycles. The molecule has 0 radical (unpaired) electrons. The molecule has 0 unspecified atom stereocenters. The highest BCUT2D eigenvalue weighted by Crippen LogP contribution is 2.37. The second kappa shape index (κ2) is 7.92. The molecule has 2 aromatic heterocycles. The van der Waals surface area contributed by atoms with Crippen molar-refractivity contribution in [3.63, 3.8) is 0 Å². The average Bonchev–Trinajstić information content (AvgIpc) is 3.40. The number of anilines is 1. The number of ether oxygens (including phenoxy) is 2. The van der Waals surface area contributed by atoms with E-state index in [9.17, 15) is 18.9 Å². The number of sulfone groups is 1. The average molecular weight is 493 g/mol. The van der Waals surface area contributed by atoms with Crippen LogP contribution in [0.4, 0.5) is 5.82 Å². The van der Waals surface area contributed by atoms with Gasteiger partial charge in [0.1, 0.15) is 28.4 Å². The Balaban J connectivity index is 1.76. The highest BCUT2D eigenvalue weighted by molar-refractivity contribution is 7.92.